The molecule has 0 fully saturated rings. The van der Waals surface area contributed by atoms with E-state index in [-0.39, 0.29) is 5.91 Å². The van der Waals surface area contributed by atoms with E-state index in [2.05, 4.69) is 44.1 Å². The third kappa shape index (κ3) is 2.45. The first-order valence-electron chi connectivity index (χ1n) is 7.40. The molecule has 1 amide bonds. The molecule has 108 valence electrons. The summed E-state index contributed by atoms with van der Waals surface area (Å²) in [6.45, 7) is 10.4. The van der Waals surface area contributed by atoms with E-state index in [4.69, 9.17) is 0 Å². The monoisotopic (exact) mass is 272 g/mol. The molecule has 0 bridgehead atoms. The fourth-order valence-electron chi connectivity index (χ4n) is 2.94. The number of aromatic amines is 1. The topological polar surface area (TPSA) is 44.9 Å². The number of nitrogens with one attached hydrogen (secondary N) is 2. The molecule has 2 heterocycles. The Labute approximate surface area is 121 Å². The maximum Gasteiger partial charge on any atom is 0.251 e. The van der Waals surface area contributed by atoms with Gasteiger partial charge in [-0.3, -0.25) is 4.79 Å². The first-order chi connectivity index (χ1) is 9.49. The molecule has 0 saturated heterocycles. The molecule has 1 aromatic heterocycles. The molecule has 3 heteroatoms. The summed E-state index contributed by atoms with van der Waals surface area (Å²) in [6, 6.07) is 0. The largest absolute Gasteiger partial charge is 0.359 e. The fraction of sp³-hybridized carbons (Fsp3) is 0.471. The Bertz CT molecular complexity index is 603. The lowest BCUT2D eigenvalue weighted by Gasteiger charge is -2.03. The average Bonchev–Trinajstić information content (AvgIpc) is 2.82. The van der Waals surface area contributed by atoms with E-state index < -0.39 is 0 Å². The van der Waals surface area contributed by atoms with Crippen LogP contribution in [0.25, 0.3) is 6.08 Å². The van der Waals surface area contributed by atoms with Crippen molar-refractivity contribution >= 4 is 12.0 Å². The fourth-order valence-corrected chi connectivity index (χ4v) is 2.94. The number of carbonyl (C=O) groups is 1. The molecular formula is C17H24N2O. The van der Waals surface area contributed by atoms with Crippen molar-refractivity contribution in [3.05, 3.63) is 39.4 Å². The van der Waals surface area contributed by atoms with E-state index in [0.29, 0.717) is 0 Å². The lowest BCUT2D eigenvalue weighted by molar-refractivity contribution is -0.116. The van der Waals surface area contributed by atoms with Crippen LogP contribution < -0.4 is 5.32 Å². The van der Waals surface area contributed by atoms with Crippen LogP contribution in [-0.4, -0.2) is 10.9 Å². The van der Waals surface area contributed by atoms with Crippen molar-refractivity contribution in [2.45, 2.75) is 53.9 Å². The van der Waals surface area contributed by atoms with Crippen LogP contribution >= 0.6 is 0 Å². The van der Waals surface area contributed by atoms with Crippen LogP contribution in [-0.2, 0) is 11.2 Å². The zero-order chi connectivity index (χ0) is 14.9. The van der Waals surface area contributed by atoms with Gasteiger partial charge in [-0.05, 0) is 56.4 Å². The third-order valence-electron chi connectivity index (χ3n) is 4.14. The van der Waals surface area contributed by atoms with Crippen molar-refractivity contribution in [3.8, 4) is 0 Å². The summed E-state index contributed by atoms with van der Waals surface area (Å²) in [6.07, 6.45) is 5.19. The van der Waals surface area contributed by atoms with Crippen LogP contribution in [0.4, 0.5) is 0 Å². The standard InChI is InChI=1S/C17H24N2O/c1-6-8-14-10(3)15(18-12(14)5)9-16-13(7-2)11(4)17(20)19-16/h9,18H,6-8H2,1-5H3,(H,19,20)/b16-9-. The number of hydrogen-bond acceptors (Lipinski definition) is 1. The minimum atomic E-state index is 0.0304. The van der Waals surface area contributed by atoms with Gasteiger partial charge in [-0.2, -0.15) is 0 Å². The molecule has 1 aliphatic rings. The molecule has 20 heavy (non-hydrogen) atoms. The van der Waals surface area contributed by atoms with E-state index in [1.807, 2.05) is 6.92 Å². The third-order valence-corrected chi connectivity index (χ3v) is 4.14. The van der Waals surface area contributed by atoms with E-state index in [1.54, 1.807) is 0 Å². The lowest BCUT2D eigenvalue weighted by atomic mass is 10.0. The Hall–Kier alpha value is -1.77. The zero-order valence-corrected chi connectivity index (χ0v) is 13.1. The quantitative estimate of drug-likeness (QED) is 0.860. The van der Waals surface area contributed by atoms with Crippen molar-refractivity contribution in [1.82, 2.24) is 10.3 Å². The van der Waals surface area contributed by atoms with Crippen LogP contribution in [0.15, 0.2) is 16.8 Å². The van der Waals surface area contributed by atoms with Gasteiger partial charge in [-0.15, -0.1) is 0 Å². The molecule has 1 aliphatic heterocycles. The number of H-pyrrole nitrogens is 1. The molecule has 0 saturated carbocycles. The average molecular weight is 272 g/mol. The molecule has 0 spiro atoms. The summed E-state index contributed by atoms with van der Waals surface area (Å²) in [4.78, 5) is 15.2. The van der Waals surface area contributed by atoms with Crippen LogP contribution in [0, 0.1) is 13.8 Å². The highest BCUT2D eigenvalue weighted by molar-refractivity contribution is 6.00. The molecule has 2 N–H and O–H groups in total. The molecule has 1 aromatic rings. The molecule has 0 radical (unpaired) electrons. The van der Waals surface area contributed by atoms with Gasteiger partial charge in [0.15, 0.2) is 0 Å². The highest BCUT2D eigenvalue weighted by atomic mass is 16.1. The Balaban J connectivity index is 2.42. The summed E-state index contributed by atoms with van der Waals surface area (Å²) in [7, 11) is 0. The van der Waals surface area contributed by atoms with Crippen LogP contribution in [0.5, 0.6) is 0 Å². The van der Waals surface area contributed by atoms with E-state index >= 15 is 0 Å². The number of carbonyl (C=O) groups excluding carboxylic acids is 1. The highest BCUT2D eigenvalue weighted by Crippen LogP contribution is 2.27. The summed E-state index contributed by atoms with van der Waals surface area (Å²) in [5.74, 6) is 0.0304. The summed E-state index contributed by atoms with van der Waals surface area (Å²) in [5.41, 5.74) is 7.96. The van der Waals surface area contributed by atoms with Gasteiger partial charge in [0.1, 0.15) is 0 Å². The van der Waals surface area contributed by atoms with Gasteiger partial charge in [-0.1, -0.05) is 20.3 Å². The zero-order valence-electron chi connectivity index (χ0n) is 13.1. The summed E-state index contributed by atoms with van der Waals surface area (Å²) < 4.78 is 0. The normalized spacial score (nSPS) is 17.2. The van der Waals surface area contributed by atoms with Gasteiger partial charge in [0, 0.05) is 22.7 Å². The minimum absolute atomic E-state index is 0.0304. The second-order valence-corrected chi connectivity index (χ2v) is 5.49. The number of rotatable bonds is 4. The van der Waals surface area contributed by atoms with Gasteiger partial charge in [0.2, 0.25) is 0 Å². The lowest BCUT2D eigenvalue weighted by Crippen LogP contribution is -2.15. The van der Waals surface area contributed by atoms with E-state index in [1.165, 1.54) is 16.8 Å². The first-order valence-corrected chi connectivity index (χ1v) is 7.40. The van der Waals surface area contributed by atoms with Gasteiger partial charge < -0.3 is 10.3 Å². The number of allylic oxidation sites excluding steroid dienone is 1. The minimum Gasteiger partial charge on any atom is -0.359 e. The number of aromatic nitrogens is 1. The molecule has 0 aliphatic carbocycles. The van der Waals surface area contributed by atoms with Crippen molar-refractivity contribution in [2.75, 3.05) is 0 Å². The highest BCUT2D eigenvalue weighted by Gasteiger charge is 2.22. The molecule has 0 atom stereocenters. The first kappa shape index (κ1) is 14.6. The number of amides is 1. The van der Waals surface area contributed by atoms with E-state index in [0.717, 1.165) is 41.8 Å². The molecule has 2 rings (SSSR count). The Morgan fingerprint density at radius 2 is 1.85 bits per heavy atom. The van der Waals surface area contributed by atoms with Crippen molar-refractivity contribution in [1.29, 1.82) is 0 Å². The molecule has 0 unspecified atom stereocenters. The predicted octanol–water partition coefficient (Wildman–Crippen LogP) is 3.78. The maximum absolute atomic E-state index is 11.8. The van der Waals surface area contributed by atoms with Crippen molar-refractivity contribution in [2.24, 2.45) is 0 Å². The predicted molar refractivity (Wildman–Crippen MR) is 83.4 cm³/mol. The van der Waals surface area contributed by atoms with Crippen LogP contribution in [0.1, 0.15) is 56.1 Å². The van der Waals surface area contributed by atoms with Crippen LogP contribution in [0.2, 0.25) is 0 Å². The molecule has 0 aromatic carbocycles. The van der Waals surface area contributed by atoms with E-state index in [9.17, 15) is 4.79 Å². The number of aryl methyl sites for hydroxylation is 1. The Morgan fingerprint density at radius 3 is 2.45 bits per heavy atom. The van der Waals surface area contributed by atoms with Crippen LogP contribution in [0.3, 0.4) is 0 Å². The number of hydrogen-bond donors (Lipinski definition) is 2. The Morgan fingerprint density at radius 1 is 1.15 bits per heavy atom. The van der Waals surface area contributed by atoms with Gasteiger partial charge in [-0.25, -0.2) is 0 Å². The second-order valence-electron chi connectivity index (χ2n) is 5.49. The second kappa shape index (κ2) is 5.70. The molecular weight excluding hydrogens is 248 g/mol. The Kier molecular flexibility index (Phi) is 4.17. The summed E-state index contributed by atoms with van der Waals surface area (Å²) in [5, 5.41) is 2.97. The van der Waals surface area contributed by atoms with Gasteiger partial charge >= 0.3 is 0 Å². The summed E-state index contributed by atoms with van der Waals surface area (Å²) >= 11 is 0. The van der Waals surface area contributed by atoms with Gasteiger partial charge in [0.05, 0.1) is 0 Å². The van der Waals surface area contributed by atoms with Crippen molar-refractivity contribution in [3.63, 3.8) is 0 Å². The van der Waals surface area contributed by atoms with Gasteiger partial charge in [0.25, 0.3) is 5.91 Å². The smallest absolute Gasteiger partial charge is 0.251 e. The SMILES string of the molecule is CCCc1c(C)[nH]c(/C=C2\NC(=O)C(C)=C2CC)c1C. The molecule has 3 nitrogen and oxygen atoms in total. The van der Waals surface area contributed by atoms with Crippen molar-refractivity contribution < 1.29 is 4.79 Å². The maximum atomic E-state index is 11.8.